The van der Waals surface area contributed by atoms with Gasteiger partial charge in [0.1, 0.15) is 0 Å². The highest BCUT2D eigenvalue weighted by molar-refractivity contribution is 6.33. The first-order valence-electron chi connectivity index (χ1n) is 4.82. The Kier molecular flexibility index (Phi) is 3.97. The molecule has 1 aromatic carbocycles. The largest absolute Gasteiger partial charge is 0.382 e. The molecule has 0 fully saturated rings. The van der Waals surface area contributed by atoms with Gasteiger partial charge in [0.25, 0.3) is 5.91 Å². The molecule has 3 nitrogen and oxygen atoms in total. The molecular weight excluding hydrogens is 212 g/mol. The Labute approximate surface area is 94.8 Å². The first-order valence-corrected chi connectivity index (χ1v) is 5.20. The van der Waals surface area contributed by atoms with E-state index in [-0.39, 0.29) is 11.9 Å². The third kappa shape index (κ3) is 3.13. The van der Waals surface area contributed by atoms with Crippen LogP contribution in [0.3, 0.4) is 0 Å². The van der Waals surface area contributed by atoms with E-state index in [1.165, 1.54) is 0 Å². The maximum absolute atomic E-state index is 11.4. The second kappa shape index (κ2) is 5.03. The van der Waals surface area contributed by atoms with Crippen LogP contribution >= 0.6 is 11.6 Å². The minimum Gasteiger partial charge on any atom is -0.382 e. The van der Waals surface area contributed by atoms with Crippen LogP contribution in [0, 0.1) is 0 Å². The van der Waals surface area contributed by atoms with E-state index in [2.05, 4.69) is 10.6 Å². The van der Waals surface area contributed by atoms with Crippen molar-refractivity contribution in [3.05, 3.63) is 28.8 Å². The Morgan fingerprint density at radius 1 is 1.40 bits per heavy atom. The molecule has 0 bridgehead atoms. The summed E-state index contributed by atoms with van der Waals surface area (Å²) < 4.78 is 0. The van der Waals surface area contributed by atoms with E-state index >= 15 is 0 Å². The van der Waals surface area contributed by atoms with Gasteiger partial charge >= 0.3 is 0 Å². The normalized spacial score (nSPS) is 10.2. The fourth-order valence-corrected chi connectivity index (χ4v) is 1.40. The molecular formula is C11H15ClN2O. The molecule has 0 radical (unpaired) electrons. The number of hydrogen-bond donors (Lipinski definition) is 2. The van der Waals surface area contributed by atoms with Crippen molar-refractivity contribution in [1.29, 1.82) is 0 Å². The lowest BCUT2D eigenvalue weighted by atomic mass is 10.2. The molecule has 0 saturated carbocycles. The number of amides is 1. The molecule has 0 atom stereocenters. The lowest BCUT2D eigenvalue weighted by Crippen LogP contribution is -2.18. The molecule has 0 aliphatic rings. The predicted octanol–water partition coefficient (Wildman–Crippen LogP) is 2.52. The molecule has 4 heteroatoms. The second-order valence-electron chi connectivity index (χ2n) is 3.57. The topological polar surface area (TPSA) is 41.1 Å². The Hall–Kier alpha value is -1.22. The van der Waals surface area contributed by atoms with Crippen LogP contribution in [0.4, 0.5) is 5.69 Å². The van der Waals surface area contributed by atoms with Crippen LogP contribution < -0.4 is 10.6 Å². The number of benzene rings is 1. The molecule has 2 N–H and O–H groups in total. The molecule has 0 heterocycles. The molecule has 15 heavy (non-hydrogen) atoms. The van der Waals surface area contributed by atoms with Gasteiger partial charge in [-0.2, -0.15) is 0 Å². The third-order valence-corrected chi connectivity index (χ3v) is 2.23. The van der Waals surface area contributed by atoms with E-state index in [9.17, 15) is 4.79 Å². The number of carbonyl (C=O) groups is 1. The lowest BCUT2D eigenvalue weighted by molar-refractivity contribution is 0.0963. The summed E-state index contributed by atoms with van der Waals surface area (Å²) in [5, 5.41) is 6.37. The van der Waals surface area contributed by atoms with Crippen LogP contribution in [0.1, 0.15) is 24.2 Å². The van der Waals surface area contributed by atoms with E-state index in [0.29, 0.717) is 10.6 Å². The number of carbonyl (C=O) groups excluding carboxylic acids is 1. The fourth-order valence-electron chi connectivity index (χ4n) is 1.23. The van der Waals surface area contributed by atoms with Gasteiger partial charge < -0.3 is 10.6 Å². The van der Waals surface area contributed by atoms with Gasteiger partial charge in [-0.15, -0.1) is 0 Å². The number of nitrogens with one attached hydrogen (secondary N) is 2. The van der Waals surface area contributed by atoms with Gasteiger partial charge in [-0.05, 0) is 32.0 Å². The summed E-state index contributed by atoms with van der Waals surface area (Å²) in [6.45, 7) is 4.03. The van der Waals surface area contributed by atoms with E-state index in [0.717, 1.165) is 5.69 Å². The van der Waals surface area contributed by atoms with Crippen molar-refractivity contribution < 1.29 is 4.79 Å². The molecule has 0 aromatic heterocycles. The summed E-state index contributed by atoms with van der Waals surface area (Å²) >= 11 is 5.99. The van der Waals surface area contributed by atoms with Crippen molar-refractivity contribution >= 4 is 23.2 Å². The maximum atomic E-state index is 11.4. The molecule has 1 rings (SSSR count). The highest BCUT2D eigenvalue weighted by atomic mass is 35.5. The van der Waals surface area contributed by atoms with Gasteiger partial charge in [0, 0.05) is 18.7 Å². The van der Waals surface area contributed by atoms with Gasteiger partial charge in [-0.25, -0.2) is 0 Å². The number of halogens is 1. The SMILES string of the molecule is CNC(=O)c1ccc(Cl)c(NC(C)C)c1. The predicted molar refractivity (Wildman–Crippen MR) is 63.6 cm³/mol. The van der Waals surface area contributed by atoms with Crippen LogP contribution in [0.5, 0.6) is 0 Å². The standard InChI is InChI=1S/C11H15ClN2O/c1-7(2)14-10-6-8(11(15)13-3)4-5-9(10)12/h4-7,14H,1-3H3,(H,13,15). The molecule has 0 saturated heterocycles. The summed E-state index contributed by atoms with van der Waals surface area (Å²) in [6.07, 6.45) is 0. The smallest absolute Gasteiger partial charge is 0.251 e. The molecule has 0 unspecified atom stereocenters. The fraction of sp³-hybridized carbons (Fsp3) is 0.364. The minimum absolute atomic E-state index is 0.113. The van der Waals surface area contributed by atoms with Crippen molar-refractivity contribution in [2.24, 2.45) is 0 Å². The van der Waals surface area contributed by atoms with E-state index in [1.807, 2.05) is 13.8 Å². The van der Waals surface area contributed by atoms with Crippen LogP contribution in [0.15, 0.2) is 18.2 Å². The Balaban J connectivity index is 2.99. The van der Waals surface area contributed by atoms with Crippen LogP contribution in [0.2, 0.25) is 5.02 Å². The summed E-state index contributed by atoms with van der Waals surface area (Å²) in [6, 6.07) is 5.45. The third-order valence-electron chi connectivity index (χ3n) is 1.90. The van der Waals surface area contributed by atoms with E-state index in [4.69, 9.17) is 11.6 Å². The van der Waals surface area contributed by atoms with Crippen LogP contribution in [0.25, 0.3) is 0 Å². The Morgan fingerprint density at radius 2 is 2.07 bits per heavy atom. The van der Waals surface area contributed by atoms with Gasteiger partial charge in [0.05, 0.1) is 10.7 Å². The summed E-state index contributed by atoms with van der Waals surface area (Å²) in [4.78, 5) is 11.4. The van der Waals surface area contributed by atoms with E-state index in [1.54, 1.807) is 25.2 Å². The molecule has 82 valence electrons. The summed E-state index contributed by atoms with van der Waals surface area (Å²) in [5.74, 6) is -0.113. The summed E-state index contributed by atoms with van der Waals surface area (Å²) in [7, 11) is 1.60. The molecule has 0 aliphatic carbocycles. The maximum Gasteiger partial charge on any atom is 0.251 e. The highest BCUT2D eigenvalue weighted by Gasteiger charge is 2.07. The zero-order valence-electron chi connectivity index (χ0n) is 9.10. The zero-order valence-corrected chi connectivity index (χ0v) is 9.85. The molecule has 0 spiro atoms. The second-order valence-corrected chi connectivity index (χ2v) is 3.98. The average molecular weight is 227 g/mol. The average Bonchev–Trinajstić information content (AvgIpc) is 2.19. The quantitative estimate of drug-likeness (QED) is 0.832. The number of anilines is 1. The van der Waals surface area contributed by atoms with Crippen molar-refractivity contribution in [1.82, 2.24) is 5.32 Å². The number of rotatable bonds is 3. The molecule has 1 amide bonds. The minimum atomic E-state index is -0.113. The Bertz CT molecular complexity index is 364. The number of hydrogen-bond acceptors (Lipinski definition) is 2. The van der Waals surface area contributed by atoms with Crippen molar-refractivity contribution in [2.45, 2.75) is 19.9 Å². The first-order chi connectivity index (χ1) is 7.04. The highest BCUT2D eigenvalue weighted by Crippen LogP contribution is 2.23. The lowest BCUT2D eigenvalue weighted by Gasteiger charge is -2.12. The van der Waals surface area contributed by atoms with Crippen LogP contribution in [-0.2, 0) is 0 Å². The first kappa shape index (κ1) is 11.9. The molecule has 1 aromatic rings. The molecule has 0 aliphatic heterocycles. The monoisotopic (exact) mass is 226 g/mol. The van der Waals surface area contributed by atoms with Gasteiger partial charge in [0.2, 0.25) is 0 Å². The van der Waals surface area contributed by atoms with Crippen LogP contribution in [-0.4, -0.2) is 19.0 Å². The Morgan fingerprint density at radius 3 is 2.60 bits per heavy atom. The van der Waals surface area contributed by atoms with Gasteiger partial charge in [0.15, 0.2) is 0 Å². The summed E-state index contributed by atoms with van der Waals surface area (Å²) in [5.41, 5.74) is 1.39. The van der Waals surface area contributed by atoms with E-state index < -0.39 is 0 Å². The van der Waals surface area contributed by atoms with Crippen molar-refractivity contribution in [3.8, 4) is 0 Å². The van der Waals surface area contributed by atoms with Gasteiger partial charge in [-0.1, -0.05) is 11.6 Å². The van der Waals surface area contributed by atoms with Crippen molar-refractivity contribution in [3.63, 3.8) is 0 Å². The zero-order chi connectivity index (χ0) is 11.4. The van der Waals surface area contributed by atoms with Gasteiger partial charge in [-0.3, -0.25) is 4.79 Å². The van der Waals surface area contributed by atoms with Crippen molar-refractivity contribution in [2.75, 3.05) is 12.4 Å².